The lowest BCUT2D eigenvalue weighted by molar-refractivity contribution is 0.369. The van der Waals surface area contributed by atoms with E-state index < -0.39 is 5.82 Å². The van der Waals surface area contributed by atoms with E-state index in [4.69, 9.17) is 0 Å². The summed E-state index contributed by atoms with van der Waals surface area (Å²) in [5.41, 5.74) is 0.323. The van der Waals surface area contributed by atoms with Crippen LogP contribution in [0.15, 0.2) is 17.3 Å². The van der Waals surface area contributed by atoms with Gasteiger partial charge in [-0.1, -0.05) is 0 Å². The third-order valence-electron chi connectivity index (χ3n) is 1.16. The Kier molecular flexibility index (Phi) is 2.85. The van der Waals surface area contributed by atoms with E-state index in [1.165, 1.54) is 19.4 Å². The summed E-state index contributed by atoms with van der Waals surface area (Å²) >= 11 is 4.34. The van der Waals surface area contributed by atoms with Crippen molar-refractivity contribution >= 4 is 23.1 Å². The van der Waals surface area contributed by atoms with E-state index in [0.717, 1.165) is 0 Å². The maximum Gasteiger partial charge on any atom is 0.250 e. The minimum Gasteiger partial charge on any atom is -0.479 e. The molecule has 0 radical (unpaired) electrons. The minimum atomic E-state index is -0.566. The SMILES string of the molecule is COc1ncc(N=C=S)cc1F. The lowest BCUT2D eigenvalue weighted by Gasteiger charge is -1.98. The van der Waals surface area contributed by atoms with Gasteiger partial charge >= 0.3 is 0 Å². The molecule has 0 bridgehead atoms. The summed E-state index contributed by atoms with van der Waals surface area (Å²) in [7, 11) is 1.34. The average Bonchev–Trinajstić information content (AvgIpc) is 2.05. The van der Waals surface area contributed by atoms with Crippen molar-refractivity contribution in [1.82, 2.24) is 4.98 Å². The smallest absolute Gasteiger partial charge is 0.250 e. The Morgan fingerprint density at radius 2 is 2.50 bits per heavy atom. The van der Waals surface area contributed by atoms with Crippen molar-refractivity contribution in [3.05, 3.63) is 18.1 Å². The quantitative estimate of drug-likeness (QED) is 0.520. The first-order chi connectivity index (χ1) is 5.77. The number of pyridine rings is 1. The first kappa shape index (κ1) is 8.77. The molecule has 0 aliphatic carbocycles. The van der Waals surface area contributed by atoms with E-state index in [-0.39, 0.29) is 5.88 Å². The topological polar surface area (TPSA) is 34.5 Å². The van der Waals surface area contributed by atoms with E-state index in [1.54, 1.807) is 0 Å². The normalized spacial score (nSPS) is 8.83. The molecule has 0 aliphatic rings. The van der Waals surface area contributed by atoms with Gasteiger partial charge in [0.1, 0.15) is 0 Å². The van der Waals surface area contributed by atoms with E-state index in [9.17, 15) is 4.39 Å². The third-order valence-corrected chi connectivity index (χ3v) is 1.25. The van der Waals surface area contributed by atoms with Crippen molar-refractivity contribution < 1.29 is 9.13 Å². The molecule has 1 aromatic heterocycles. The van der Waals surface area contributed by atoms with Gasteiger partial charge in [0.2, 0.25) is 5.88 Å². The molecule has 0 N–H and O–H groups in total. The number of hydrogen-bond donors (Lipinski definition) is 0. The van der Waals surface area contributed by atoms with Gasteiger partial charge in [0, 0.05) is 6.07 Å². The van der Waals surface area contributed by atoms with Gasteiger partial charge in [-0.3, -0.25) is 0 Å². The Morgan fingerprint density at radius 3 is 3.00 bits per heavy atom. The molecule has 0 aliphatic heterocycles. The molecular formula is C7H5FN2OS. The van der Waals surface area contributed by atoms with Crippen LogP contribution >= 0.6 is 12.2 Å². The number of nitrogens with zero attached hydrogens (tertiary/aromatic N) is 2. The van der Waals surface area contributed by atoms with Crippen LogP contribution in [-0.2, 0) is 0 Å². The summed E-state index contributed by atoms with van der Waals surface area (Å²) in [5, 5.41) is 2.11. The van der Waals surface area contributed by atoms with Crippen LogP contribution in [0.4, 0.5) is 10.1 Å². The largest absolute Gasteiger partial charge is 0.479 e. The van der Waals surface area contributed by atoms with Gasteiger partial charge in [-0.05, 0) is 12.2 Å². The van der Waals surface area contributed by atoms with Crippen molar-refractivity contribution in [2.75, 3.05) is 7.11 Å². The highest BCUT2D eigenvalue weighted by molar-refractivity contribution is 7.78. The zero-order chi connectivity index (χ0) is 8.97. The zero-order valence-corrected chi connectivity index (χ0v) is 7.06. The molecule has 0 atom stereocenters. The fraction of sp³-hybridized carbons (Fsp3) is 0.143. The molecule has 5 heteroatoms. The number of aromatic nitrogens is 1. The highest BCUT2D eigenvalue weighted by Gasteiger charge is 2.03. The Morgan fingerprint density at radius 1 is 1.75 bits per heavy atom. The van der Waals surface area contributed by atoms with Crippen LogP contribution in [0.25, 0.3) is 0 Å². The summed E-state index contributed by atoms with van der Waals surface area (Å²) in [5.74, 6) is -0.623. The van der Waals surface area contributed by atoms with Gasteiger partial charge < -0.3 is 4.74 Å². The van der Waals surface area contributed by atoms with Gasteiger partial charge in [-0.25, -0.2) is 9.37 Å². The summed E-state index contributed by atoms with van der Waals surface area (Å²) in [6.07, 6.45) is 1.35. The van der Waals surface area contributed by atoms with E-state index >= 15 is 0 Å². The summed E-state index contributed by atoms with van der Waals surface area (Å²) in [6.45, 7) is 0. The van der Waals surface area contributed by atoms with Crippen molar-refractivity contribution in [1.29, 1.82) is 0 Å². The zero-order valence-electron chi connectivity index (χ0n) is 6.24. The van der Waals surface area contributed by atoms with Crippen LogP contribution in [0.1, 0.15) is 0 Å². The fourth-order valence-corrected chi connectivity index (χ4v) is 0.785. The Bertz CT molecular complexity index is 336. The second kappa shape index (κ2) is 3.90. The van der Waals surface area contributed by atoms with Gasteiger partial charge in [-0.2, -0.15) is 4.99 Å². The lowest BCUT2D eigenvalue weighted by Crippen LogP contribution is -1.90. The molecule has 1 aromatic rings. The number of halogens is 1. The maximum absolute atomic E-state index is 12.9. The van der Waals surface area contributed by atoms with Gasteiger partial charge in [-0.15, -0.1) is 0 Å². The van der Waals surface area contributed by atoms with Crippen LogP contribution in [0.3, 0.4) is 0 Å². The first-order valence-corrected chi connectivity index (χ1v) is 3.46. The van der Waals surface area contributed by atoms with E-state index in [2.05, 4.69) is 32.1 Å². The molecule has 1 rings (SSSR count). The summed E-state index contributed by atoms with van der Waals surface area (Å²) < 4.78 is 17.5. The summed E-state index contributed by atoms with van der Waals surface area (Å²) in [6, 6.07) is 1.17. The van der Waals surface area contributed by atoms with Crippen molar-refractivity contribution in [3.8, 4) is 5.88 Å². The van der Waals surface area contributed by atoms with Crippen molar-refractivity contribution in [2.24, 2.45) is 4.99 Å². The molecule has 62 valence electrons. The minimum absolute atomic E-state index is 0.0571. The molecule has 1 heterocycles. The molecule has 3 nitrogen and oxygen atoms in total. The van der Waals surface area contributed by atoms with Crippen LogP contribution in [0, 0.1) is 5.82 Å². The molecule has 0 fully saturated rings. The number of hydrogen-bond acceptors (Lipinski definition) is 4. The molecular weight excluding hydrogens is 179 g/mol. The van der Waals surface area contributed by atoms with Gasteiger partial charge in [0.05, 0.1) is 24.2 Å². The Hall–Kier alpha value is -1.32. The predicted molar refractivity (Wildman–Crippen MR) is 45.4 cm³/mol. The highest BCUT2D eigenvalue weighted by Crippen LogP contribution is 2.18. The average molecular weight is 184 g/mol. The van der Waals surface area contributed by atoms with Crippen LogP contribution in [0.5, 0.6) is 5.88 Å². The standard InChI is InChI=1S/C7H5FN2OS/c1-11-7-6(8)2-5(3-9-7)10-4-12/h2-3H,1H3. The van der Waals surface area contributed by atoms with E-state index in [0.29, 0.717) is 5.69 Å². The third kappa shape index (κ3) is 1.84. The second-order valence-corrected chi connectivity index (χ2v) is 2.07. The van der Waals surface area contributed by atoms with Crippen LogP contribution in [-0.4, -0.2) is 17.3 Å². The number of methoxy groups -OCH3 is 1. The molecule has 12 heavy (non-hydrogen) atoms. The van der Waals surface area contributed by atoms with Crippen molar-refractivity contribution in [2.45, 2.75) is 0 Å². The van der Waals surface area contributed by atoms with Crippen LogP contribution in [0.2, 0.25) is 0 Å². The maximum atomic E-state index is 12.9. The lowest BCUT2D eigenvalue weighted by atomic mass is 10.4. The van der Waals surface area contributed by atoms with Gasteiger partial charge in [0.15, 0.2) is 5.82 Å². The highest BCUT2D eigenvalue weighted by atomic mass is 32.1. The molecule has 0 unspecified atom stereocenters. The van der Waals surface area contributed by atoms with Crippen LogP contribution < -0.4 is 4.74 Å². The predicted octanol–water partition coefficient (Wildman–Crippen LogP) is 1.96. The molecule has 0 aromatic carbocycles. The number of ether oxygens (including phenoxy) is 1. The number of isothiocyanates is 1. The molecule has 0 spiro atoms. The second-order valence-electron chi connectivity index (χ2n) is 1.89. The summed E-state index contributed by atoms with van der Waals surface area (Å²) in [4.78, 5) is 7.19. The number of rotatable bonds is 2. The fourth-order valence-electron chi connectivity index (χ4n) is 0.679. The first-order valence-electron chi connectivity index (χ1n) is 3.05. The van der Waals surface area contributed by atoms with E-state index in [1.807, 2.05) is 0 Å². The number of aliphatic imine (C=N–C) groups is 1. The molecule has 0 saturated carbocycles. The van der Waals surface area contributed by atoms with Gasteiger partial charge in [0.25, 0.3) is 0 Å². The monoisotopic (exact) mass is 184 g/mol. The molecule has 0 saturated heterocycles. The molecule has 0 amide bonds. The number of thiocarbonyl (C=S) groups is 1. The Balaban J connectivity index is 3.09. The Labute approximate surface area is 73.9 Å². The van der Waals surface area contributed by atoms with Crippen molar-refractivity contribution in [3.63, 3.8) is 0 Å².